The van der Waals surface area contributed by atoms with Gasteiger partial charge in [0, 0.05) is 18.1 Å². The smallest absolute Gasteiger partial charge is 0.0438 e. The molecule has 2 nitrogen and oxygen atoms in total. The van der Waals surface area contributed by atoms with Gasteiger partial charge in [-0.3, -0.25) is 0 Å². The summed E-state index contributed by atoms with van der Waals surface area (Å²) in [7, 11) is 0. The van der Waals surface area contributed by atoms with Crippen LogP contribution in [0.3, 0.4) is 0 Å². The van der Waals surface area contributed by atoms with Gasteiger partial charge in [-0.25, -0.2) is 0 Å². The van der Waals surface area contributed by atoms with E-state index in [-0.39, 0.29) is 0 Å². The van der Waals surface area contributed by atoms with Gasteiger partial charge >= 0.3 is 0 Å². The zero-order valence-electron chi connectivity index (χ0n) is 10.6. The zero-order valence-corrected chi connectivity index (χ0v) is 10.6. The van der Waals surface area contributed by atoms with E-state index in [2.05, 4.69) is 41.8 Å². The second-order valence-electron chi connectivity index (χ2n) is 5.64. The predicted molar refractivity (Wildman–Crippen MR) is 71.1 cm³/mol. The van der Waals surface area contributed by atoms with Gasteiger partial charge in [-0.15, -0.1) is 0 Å². The van der Waals surface area contributed by atoms with E-state index >= 15 is 0 Å². The minimum absolute atomic E-state index is 0.301. The lowest BCUT2D eigenvalue weighted by atomic mass is 9.99. The molecule has 1 atom stereocenters. The second kappa shape index (κ2) is 4.43. The van der Waals surface area contributed by atoms with Crippen LogP contribution < -0.4 is 10.6 Å². The quantitative estimate of drug-likeness (QED) is 0.833. The summed E-state index contributed by atoms with van der Waals surface area (Å²) in [6.45, 7) is 4.50. The van der Waals surface area contributed by atoms with Gasteiger partial charge in [0.2, 0.25) is 0 Å². The van der Waals surface area contributed by atoms with Gasteiger partial charge < -0.3 is 10.6 Å². The number of rotatable bonds is 3. The van der Waals surface area contributed by atoms with Crippen molar-refractivity contribution in [1.29, 1.82) is 0 Å². The van der Waals surface area contributed by atoms with Gasteiger partial charge in [-0.2, -0.15) is 0 Å². The predicted octanol–water partition coefficient (Wildman–Crippen LogP) is 2.33. The van der Waals surface area contributed by atoms with Gasteiger partial charge in [0.15, 0.2) is 0 Å². The molecule has 1 saturated heterocycles. The third-order valence-corrected chi connectivity index (χ3v) is 4.10. The van der Waals surface area contributed by atoms with E-state index in [1.165, 1.54) is 43.4 Å². The Kier molecular flexibility index (Phi) is 2.93. The maximum atomic E-state index is 3.89. The molecular weight excluding hydrogens is 208 g/mol. The Hall–Kier alpha value is -0.860. The maximum absolute atomic E-state index is 3.89. The molecule has 1 heterocycles. The molecule has 3 rings (SSSR count). The highest BCUT2D eigenvalue weighted by molar-refractivity contribution is 5.33. The van der Waals surface area contributed by atoms with Crippen LogP contribution in [0.5, 0.6) is 0 Å². The van der Waals surface area contributed by atoms with Gasteiger partial charge in [0.25, 0.3) is 0 Å². The molecule has 2 aliphatic rings. The second-order valence-corrected chi connectivity index (χ2v) is 5.64. The van der Waals surface area contributed by atoms with Crippen molar-refractivity contribution in [3.63, 3.8) is 0 Å². The minimum Gasteiger partial charge on any atom is -0.315 e. The molecule has 1 aromatic rings. The van der Waals surface area contributed by atoms with E-state index in [9.17, 15) is 0 Å². The van der Waals surface area contributed by atoms with Crippen LogP contribution in [-0.2, 0) is 5.54 Å². The lowest BCUT2D eigenvalue weighted by Gasteiger charge is -2.29. The third-order valence-electron chi connectivity index (χ3n) is 4.10. The Labute approximate surface area is 104 Å². The van der Waals surface area contributed by atoms with Crippen LogP contribution >= 0.6 is 0 Å². The Bertz CT molecular complexity index is 390. The standard InChI is InChI=1S/C15H22N2/c1-12-4-2-5-13(10-12)15(7-8-15)17-14-6-3-9-16-11-14/h2,4-5,10,14,16-17H,3,6-9,11H2,1H3. The van der Waals surface area contributed by atoms with Crippen molar-refractivity contribution < 1.29 is 0 Å². The molecule has 2 fully saturated rings. The van der Waals surface area contributed by atoms with Gasteiger partial charge in [-0.05, 0) is 44.7 Å². The van der Waals surface area contributed by atoms with Crippen LogP contribution in [0.4, 0.5) is 0 Å². The van der Waals surface area contributed by atoms with Crippen molar-refractivity contribution in [2.24, 2.45) is 0 Å². The summed E-state index contributed by atoms with van der Waals surface area (Å²) in [6.07, 6.45) is 5.22. The zero-order chi connectivity index (χ0) is 11.7. The fourth-order valence-electron chi connectivity index (χ4n) is 2.95. The first-order valence-corrected chi connectivity index (χ1v) is 6.84. The number of hydrogen-bond acceptors (Lipinski definition) is 2. The minimum atomic E-state index is 0.301. The molecule has 0 bridgehead atoms. The lowest BCUT2D eigenvalue weighted by Crippen LogP contribution is -2.47. The van der Waals surface area contributed by atoms with E-state index in [0.29, 0.717) is 11.6 Å². The van der Waals surface area contributed by atoms with Crippen molar-refractivity contribution in [2.45, 2.75) is 44.2 Å². The monoisotopic (exact) mass is 230 g/mol. The molecule has 1 unspecified atom stereocenters. The fraction of sp³-hybridized carbons (Fsp3) is 0.600. The summed E-state index contributed by atoms with van der Waals surface area (Å²) in [5.74, 6) is 0. The molecule has 0 radical (unpaired) electrons. The van der Waals surface area contributed by atoms with Crippen LogP contribution in [0, 0.1) is 6.92 Å². The van der Waals surface area contributed by atoms with Crippen molar-refractivity contribution in [1.82, 2.24) is 10.6 Å². The molecule has 0 spiro atoms. The van der Waals surface area contributed by atoms with Crippen LogP contribution in [0.2, 0.25) is 0 Å². The van der Waals surface area contributed by atoms with Crippen LogP contribution in [-0.4, -0.2) is 19.1 Å². The number of piperidine rings is 1. The summed E-state index contributed by atoms with van der Waals surface area (Å²) < 4.78 is 0. The van der Waals surface area contributed by atoms with E-state index in [1.807, 2.05) is 0 Å². The van der Waals surface area contributed by atoms with Crippen LogP contribution in [0.25, 0.3) is 0 Å². The van der Waals surface area contributed by atoms with Crippen LogP contribution in [0.1, 0.15) is 36.8 Å². The lowest BCUT2D eigenvalue weighted by molar-refractivity contribution is 0.342. The molecule has 2 N–H and O–H groups in total. The summed E-state index contributed by atoms with van der Waals surface area (Å²) in [5, 5.41) is 7.37. The van der Waals surface area contributed by atoms with Crippen molar-refractivity contribution in [3.05, 3.63) is 35.4 Å². The Morgan fingerprint density at radius 1 is 1.35 bits per heavy atom. The van der Waals surface area contributed by atoms with Gasteiger partial charge in [-0.1, -0.05) is 29.8 Å². The summed E-state index contributed by atoms with van der Waals surface area (Å²) >= 11 is 0. The maximum Gasteiger partial charge on any atom is 0.0438 e. The van der Waals surface area contributed by atoms with Crippen molar-refractivity contribution in [2.75, 3.05) is 13.1 Å². The summed E-state index contributed by atoms with van der Waals surface area (Å²) in [5.41, 5.74) is 3.16. The fourth-order valence-corrected chi connectivity index (χ4v) is 2.95. The first kappa shape index (κ1) is 11.2. The van der Waals surface area contributed by atoms with Gasteiger partial charge in [0.1, 0.15) is 0 Å². The highest BCUT2D eigenvalue weighted by atomic mass is 15.1. The summed E-state index contributed by atoms with van der Waals surface area (Å²) in [4.78, 5) is 0. The van der Waals surface area contributed by atoms with Gasteiger partial charge in [0.05, 0.1) is 0 Å². The first-order valence-electron chi connectivity index (χ1n) is 6.84. The molecular formula is C15H22N2. The highest BCUT2D eigenvalue weighted by Crippen LogP contribution is 2.46. The van der Waals surface area contributed by atoms with Crippen molar-refractivity contribution >= 4 is 0 Å². The molecule has 17 heavy (non-hydrogen) atoms. The molecule has 1 aromatic carbocycles. The number of hydrogen-bond donors (Lipinski definition) is 2. The SMILES string of the molecule is Cc1cccc(C2(NC3CCCNC3)CC2)c1. The largest absolute Gasteiger partial charge is 0.315 e. The Balaban J connectivity index is 1.73. The van der Waals surface area contributed by atoms with Crippen LogP contribution in [0.15, 0.2) is 24.3 Å². The Morgan fingerprint density at radius 3 is 2.88 bits per heavy atom. The summed E-state index contributed by atoms with van der Waals surface area (Å²) in [6, 6.07) is 9.65. The average molecular weight is 230 g/mol. The normalized spacial score (nSPS) is 26.8. The number of nitrogens with one attached hydrogen (secondary N) is 2. The number of aryl methyl sites for hydroxylation is 1. The molecule has 92 valence electrons. The third kappa shape index (κ3) is 2.38. The molecule has 0 aromatic heterocycles. The first-order chi connectivity index (χ1) is 8.28. The number of benzene rings is 1. The molecule has 0 amide bonds. The van der Waals surface area contributed by atoms with E-state index in [0.717, 1.165) is 6.54 Å². The van der Waals surface area contributed by atoms with Crippen molar-refractivity contribution in [3.8, 4) is 0 Å². The molecule has 1 aliphatic heterocycles. The van der Waals surface area contributed by atoms with E-state index in [4.69, 9.17) is 0 Å². The molecule has 2 heteroatoms. The molecule has 1 aliphatic carbocycles. The average Bonchev–Trinajstić information content (AvgIpc) is 3.11. The topological polar surface area (TPSA) is 24.1 Å². The molecule has 1 saturated carbocycles. The van der Waals surface area contributed by atoms with E-state index in [1.54, 1.807) is 0 Å². The van der Waals surface area contributed by atoms with E-state index < -0.39 is 0 Å². The Morgan fingerprint density at radius 2 is 2.24 bits per heavy atom. The highest BCUT2D eigenvalue weighted by Gasteiger charge is 2.45.